The number of aromatic nitrogens is 2. The van der Waals surface area contributed by atoms with Gasteiger partial charge in [-0.3, -0.25) is 4.79 Å². The van der Waals surface area contributed by atoms with Crippen molar-refractivity contribution in [1.82, 2.24) is 15.3 Å². The van der Waals surface area contributed by atoms with Gasteiger partial charge in [0.2, 0.25) is 5.91 Å². The molecule has 0 bridgehead atoms. The van der Waals surface area contributed by atoms with Gasteiger partial charge in [0, 0.05) is 24.4 Å². The second-order valence-corrected chi connectivity index (χ2v) is 3.92. The molecule has 1 aromatic heterocycles. The van der Waals surface area contributed by atoms with E-state index in [9.17, 15) is 4.79 Å². The second-order valence-electron chi connectivity index (χ2n) is 3.92. The maximum absolute atomic E-state index is 11.3. The summed E-state index contributed by atoms with van der Waals surface area (Å²) in [6, 6.07) is 0.00534. The minimum Gasteiger partial charge on any atom is -0.368 e. The van der Waals surface area contributed by atoms with Gasteiger partial charge < -0.3 is 16.0 Å². The number of imidazole rings is 1. The Hall–Kier alpha value is -1.36. The van der Waals surface area contributed by atoms with Gasteiger partial charge in [0.25, 0.3) is 0 Å². The molecule has 0 saturated heterocycles. The summed E-state index contributed by atoms with van der Waals surface area (Å²) in [6.07, 6.45) is 5.85. The van der Waals surface area contributed by atoms with Crippen LogP contribution in [0.15, 0.2) is 12.5 Å². The van der Waals surface area contributed by atoms with Gasteiger partial charge in [-0.1, -0.05) is 13.8 Å². The number of aromatic amines is 1. The lowest BCUT2D eigenvalue weighted by Gasteiger charge is -2.21. The van der Waals surface area contributed by atoms with E-state index >= 15 is 0 Å². The molecule has 1 unspecified atom stereocenters. The van der Waals surface area contributed by atoms with Crippen molar-refractivity contribution >= 4 is 5.91 Å². The molecule has 0 aliphatic carbocycles. The Bertz CT molecular complexity index is 306. The van der Waals surface area contributed by atoms with Gasteiger partial charge in [-0.25, -0.2) is 4.98 Å². The molecule has 0 radical (unpaired) electrons. The smallest absolute Gasteiger partial charge is 0.234 e. The zero-order valence-electron chi connectivity index (χ0n) is 9.86. The summed E-state index contributed by atoms with van der Waals surface area (Å²) < 4.78 is 0. The highest BCUT2D eigenvalue weighted by Gasteiger charge is 2.19. The van der Waals surface area contributed by atoms with Crippen molar-refractivity contribution in [2.24, 2.45) is 5.73 Å². The minimum absolute atomic E-state index is 0.318. The molecule has 0 aliphatic heterocycles. The first-order chi connectivity index (χ1) is 7.67. The standard InChI is InChI=1S/C11H20N4O/c1-3-8(4-2)15-10(11(12)16)5-9-6-13-7-14-9/h6-8,10,15H,3-5H2,1-2H3,(H2,12,16)(H,13,14). The Kier molecular flexibility index (Phi) is 4.98. The van der Waals surface area contributed by atoms with E-state index in [1.807, 2.05) is 0 Å². The largest absolute Gasteiger partial charge is 0.368 e. The highest BCUT2D eigenvalue weighted by molar-refractivity contribution is 5.80. The summed E-state index contributed by atoms with van der Waals surface area (Å²) in [5.41, 5.74) is 6.29. The molecule has 0 spiro atoms. The molecule has 0 aromatic carbocycles. The van der Waals surface area contributed by atoms with Crippen LogP contribution >= 0.6 is 0 Å². The van der Waals surface area contributed by atoms with Crippen LogP contribution in [0.4, 0.5) is 0 Å². The Morgan fingerprint density at radius 1 is 1.56 bits per heavy atom. The van der Waals surface area contributed by atoms with E-state index in [1.54, 1.807) is 12.5 Å². The zero-order chi connectivity index (χ0) is 12.0. The molecule has 0 aliphatic rings. The lowest BCUT2D eigenvalue weighted by atomic mass is 10.1. The van der Waals surface area contributed by atoms with E-state index in [2.05, 4.69) is 29.1 Å². The molecule has 16 heavy (non-hydrogen) atoms. The summed E-state index contributed by atoms with van der Waals surface area (Å²) in [4.78, 5) is 18.2. The number of nitrogens with one attached hydrogen (secondary N) is 2. The molecular weight excluding hydrogens is 204 g/mol. The van der Waals surface area contributed by atoms with Crippen molar-refractivity contribution in [3.8, 4) is 0 Å². The van der Waals surface area contributed by atoms with Crippen LogP contribution in [0, 0.1) is 0 Å². The predicted octanol–water partition coefficient (Wildman–Crippen LogP) is 0.584. The van der Waals surface area contributed by atoms with Crippen LogP contribution in [0.3, 0.4) is 0 Å². The maximum Gasteiger partial charge on any atom is 0.234 e. The number of H-pyrrole nitrogens is 1. The number of hydrogen-bond donors (Lipinski definition) is 3. The van der Waals surface area contributed by atoms with Gasteiger partial charge in [-0.2, -0.15) is 0 Å². The van der Waals surface area contributed by atoms with Gasteiger partial charge >= 0.3 is 0 Å². The number of hydrogen-bond acceptors (Lipinski definition) is 3. The summed E-state index contributed by atoms with van der Waals surface area (Å²) in [6.45, 7) is 4.19. The molecule has 0 fully saturated rings. The van der Waals surface area contributed by atoms with Gasteiger partial charge in [0.05, 0.1) is 12.4 Å². The van der Waals surface area contributed by atoms with E-state index in [-0.39, 0.29) is 11.9 Å². The van der Waals surface area contributed by atoms with E-state index < -0.39 is 0 Å². The van der Waals surface area contributed by atoms with Crippen LogP contribution in [0.1, 0.15) is 32.4 Å². The molecule has 0 saturated carbocycles. The van der Waals surface area contributed by atoms with Gasteiger partial charge in [-0.15, -0.1) is 0 Å². The molecule has 4 N–H and O–H groups in total. The fourth-order valence-electron chi connectivity index (χ4n) is 1.67. The Morgan fingerprint density at radius 3 is 2.69 bits per heavy atom. The number of nitrogens with two attached hydrogens (primary N) is 1. The van der Waals surface area contributed by atoms with Crippen LogP contribution in [0.25, 0.3) is 0 Å². The lowest BCUT2D eigenvalue weighted by molar-refractivity contribution is -0.120. The van der Waals surface area contributed by atoms with Crippen molar-refractivity contribution in [3.63, 3.8) is 0 Å². The summed E-state index contributed by atoms with van der Waals surface area (Å²) in [7, 11) is 0. The van der Waals surface area contributed by atoms with Crippen molar-refractivity contribution < 1.29 is 4.79 Å². The summed E-state index contributed by atoms with van der Waals surface area (Å²) in [5.74, 6) is -0.318. The van der Waals surface area contributed by atoms with Crippen molar-refractivity contribution in [2.45, 2.75) is 45.2 Å². The van der Waals surface area contributed by atoms with Gasteiger partial charge in [-0.05, 0) is 12.8 Å². The average molecular weight is 224 g/mol. The average Bonchev–Trinajstić information content (AvgIpc) is 2.76. The SMILES string of the molecule is CCC(CC)NC(Cc1cnc[nH]1)C(N)=O. The molecule has 5 heteroatoms. The molecule has 1 atom stereocenters. The van der Waals surface area contributed by atoms with Crippen LogP contribution in [-0.2, 0) is 11.2 Å². The number of rotatable bonds is 7. The molecule has 1 rings (SSSR count). The number of amides is 1. The topological polar surface area (TPSA) is 83.8 Å². The van der Waals surface area contributed by atoms with Gasteiger partial charge in [0.1, 0.15) is 0 Å². The van der Waals surface area contributed by atoms with Crippen molar-refractivity contribution in [3.05, 3.63) is 18.2 Å². The van der Waals surface area contributed by atoms with Gasteiger partial charge in [0.15, 0.2) is 0 Å². The highest BCUT2D eigenvalue weighted by Crippen LogP contribution is 2.03. The Labute approximate surface area is 95.8 Å². The van der Waals surface area contributed by atoms with Crippen molar-refractivity contribution in [1.29, 1.82) is 0 Å². The lowest BCUT2D eigenvalue weighted by Crippen LogP contribution is -2.47. The first-order valence-electron chi connectivity index (χ1n) is 5.70. The molecular formula is C11H20N4O. The fraction of sp³-hybridized carbons (Fsp3) is 0.636. The Balaban J connectivity index is 2.57. The number of carbonyl (C=O) groups excluding carboxylic acids is 1. The number of primary amides is 1. The summed E-state index contributed by atoms with van der Waals surface area (Å²) in [5, 5.41) is 3.27. The summed E-state index contributed by atoms with van der Waals surface area (Å²) >= 11 is 0. The zero-order valence-corrected chi connectivity index (χ0v) is 9.86. The van der Waals surface area contributed by atoms with E-state index in [4.69, 9.17) is 5.73 Å². The third-order valence-corrected chi connectivity index (χ3v) is 2.74. The first kappa shape index (κ1) is 12.7. The minimum atomic E-state index is -0.328. The first-order valence-corrected chi connectivity index (χ1v) is 5.70. The van der Waals surface area contributed by atoms with Crippen LogP contribution in [-0.4, -0.2) is 28.0 Å². The van der Waals surface area contributed by atoms with E-state index in [1.165, 1.54) is 0 Å². The van der Waals surface area contributed by atoms with E-state index in [0.717, 1.165) is 18.5 Å². The predicted molar refractivity (Wildman–Crippen MR) is 62.8 cm³/mol. The quantitative estimate of drug-likeness (QED) is 0.633. The number of nitrogens with zero attached hydrogens (tertiary/aromatic N) is 1. The molecule has 1 heterocycles. The molecule has 90 valence electrons. The van der Waals surface area contributed by atoms with Crippen molar-refractivity contribution in [2.75, 3.05) is 0 Å². The third kappa shape index (κ3) is 3.66. The van der Waals surface area contributed by atoms with E-state index in [0.29, 0.717) is 12.5 Å². The van der Waals surface area contributed by atoms with Crippen LogP contribution < -0.4 is 11.1 Å². The van der Waals surface area contributed by atoms with Crippen LogP contribution in [0.5, 0.6) is 0 Å². The Morgan fingerprint density at radius 2 is 2.25 bits per heavy atom. The molecule has 1 aromatic rings. The highest BCUT2D eigenvalue weighted by atomic mass is 16.1. The maximum atomic E-state index is 11.3. The second kappa shape index (κ2) is 6.27. The molecule has 5 nitrogen and oxygen atoms in total. The number of carbonyl (C=O) groups is 1. The fourth-order valence-corrected chi connectivity index (χ4v) is 1.67. The third-order valence-electron chi connectivity index (χ3n) is 2.74. The molecule has 1 amide bonds. The normalized spacial score (nSPS) is 12.9. The van der Waals surface area contributed by atoms with Crippen LogP contribution in [0.2, 0.25) is 0 Å². The monoisotopic (exact) mass is 224 g/mol.